The second-order valence-corrected chi connectivity index (χ2v) is 4.35. The largest absolute Gasteiger partial charge is 0.375 e. The number of nitrogens with one attached hydrogen (secondary N) is 1. The summed E-state index contributed by atoms with van der Waals surface area (Å²) in [5.41, 5.74) is 1.45. The molecule has 0 unspecified atom stereocenters. The maximum absolute atomic E-state index is 11.8. The standard InChI is InChI=1S/C11H13BrF2N2O2/c1-7-4-8(5-15-11(7)12)16-10(17)2-3-18-6-9(13)14/h4-5,9H,2-3,6H2,1H3,(H,16,17). The predicted octanol–water partition coefficient (Wildman–Crippen LogP) is 2.76. The number of carbonyl (C=O) groups is 1. The van der Waals surface area contributed by atoms with E-state index in [2.05, 4.69) is 31.0 Å². The summed E-state index contributed by atoms with van der Waals surface area (Å²) in [6.45, 7) is 1.17. The van der Waals surface area contributed by atoms with Crippen LogP contribution in [0.1, 0.15) is 12.0 Å². The Hall–Kier alpha value is -1.08. The quantitative estimate of drug-likeness (QED) is 0.647. The number of rotatable bonds is 6. The molecule has 4 nitrogen and oxygen atoms in total. The fourth-order valence-corrected chi connectivity index (χ4v) is 1.40. The maximum atomic E-state index is 11.8. The van der Waals surface area contributed by atoms with Crippen LogP contribution in [0.5, 0.6) is 0 Å². The van der Waals surface area contributed by atoms with Crippen molar-refractivity contribution in [1.29, 1.82) is 0 Å². The van der Waals surface area contributed by atoms with Gasteiger partial charge in [0.1, 0.15) is 11.2 Å². The van der Waals surface area contributed by atoms with Crippen LogP contribution >= 0.6 is 15.9 Å². The molecule has 0 saturated heterocycles. The Morgan fingerprint density at radius 3 is 2.94 bits per heavy atom. The smallest absolute Gasteiger partial charge is 0.261 e. The van der Waals surface area contributed by atoms with Gasteiger partial charge >= 0.3 is 0 Å². The number of hydrogen-bond acceptors (Lipinski definition) is 3. The molecule has 1 rings (SSSR count). The lowest BCUT2D eigenvalue weighted by molar-refractivity contribution is -0.117. The van der Waals surface area contributed by atoms with E-state index in [0.717, 1.165) is 5.56 Å². The third kappa shape index (κ3) is 5.50. The number of carbonyl (C=O) groups excluding carboxylic acids is 1. The molecule has 1 heterocycles. The number of anilines is 1. The molecule has 0 fully saturated rings. The van der Waals surface area contributed by atoms with Crippen LogP contribution in [0.15, 0.2) is 16.9 Å². The number of amides is 1. The van der Waals surface area contributed by atoms with Crippen molar-refractivity contribution in [3.63, 3.8) is 0 Å². The van der Waals surface area contributed by atoms with E-state index in [-0.39, 0.29) is 18.9 Å². The van der Waals surface area contributed by atoms with Crippen molar-refractivity contribution in [3.8, 4) is 0 Å². The molecule has 1 aromatic rings. The maximum Gasteiger partial charge on any atom is 0.261 e. The van der Waals surface area contributed by atoms with Gasteiger partial charge in [-0.25, -0.2) is 13.8 Å². The zero-order valence-electron chi connectivity index (χ0n) is 9.75. The van der Waals surface area contributed by atoms with Gasteiger partial charge in [0, 0.05) is 0 Å². The third-order valence-electron chi connectivity index (χ3n) is 2.02. The number of alkyl halides is 2. The summed E-state index contributed by atoms with van der Waals surface area (Å²) in [6, 6.07) is 1.76. The molecule has 0 bridgehead atoms. The van der Waals surface area contributed by atoms with E-state index in [1.54, 1.807) is 6.07 Å². The number of hydrogen-bond donors (Lipinski definition) is 1. The Kier molecular flexibility index (Phi) is 6.14. The molecular weight excluding hydrogens is 310 g/mol. The first-order chi connectivity index (χ1) is 8.49. The van der Waals surface area contributed by atoms with E-state index in [4.69, 9.17) is 0 Å². The molecule has 18 heavy (non-hydrogen) atoms. The third-order valence-corrected chi connectivity index (χ3v) is 2.85. The first-order valence-corrected chi connectivity index (χ1v) is 6.06. The van der Waals surface area contributed by atoms with Crippen molar-refractivity contribution in [2.75, 3.05) is 18.5 Å². The van der Waals surface area contributed by atoms with E-state index < -0.39 is 13.0 Å². The van der Waals surface area contributed by atoms with E-state index in [9.17, 15) is 13.6 Å². The summed E-state index contributed by atoms with van der Waals surface area (Å²) < 4.78 is 28.8. The number of halogens is 3. The molecule has 0 atom stereocenters. The monoisotopic (exact) mass is 322 g/mol. The molecule has 1 amide bonds. The SMILES string of the molecule is Cc1cc(NC(=O)CCOCC(F)F)cnc1Br. The lowest BCUT2D eigenvalue weighted by Crippen LogP contribution is -2.15. The van der Waals surface area contributed by atoms with Gasteiger partial charge in [-0.1, -0.05) is 0 Å². The zero-order valence-corrected chi connectivity index (χ0v) is 11.3. The highest BCUT2D eigenvalue weighted by molar-refractivity contribution is 9.10. The summed E-state index contributed by atoms with van der Waals surface area (Å²) >= 11 is 3.25. The van der Waals surface area contributed by atoms with Crippen LogP contribution in [0.25, 0.3) is 0 Å². The second-order valence-electron chi connectivity index (χ2n) is 3.60. The molecule has 0 radical (unpaired) electrons. The molecule has 0 aliphatic rings. The Bertz CT molecular complexity index is 416. The van der Waals surface area contributed by atoms with E-state index in [1.807, 2.05) is 6.92 Å². The van der Waals surface area contributed by atoms with Crippen molar-refractivity contribution in [2.24, 2.45) is 0 Å². The highest BCUT2D eigenvalue weighted by atomic mass is 79.9. The number of nitrogens with zero attached hydrogens (tertiary/aromatic N) is 1. The molecule has 7 heteroatoms. The molecule has 0 aromatic carbocycles. The minimum absolute atomic E-state index is 0.0287. The van der Waals surface area contributed by atoms with E-state index in [1.165, 1.54) is 6.20 Å². The summed E-state index contributed by atoms with van der Waals surface area (Å²) in [6.07, 6.45) is -0.969. The van der Waals surface area contributed by atoms with Crippen LogP contribution in [0.4, 0.5) is 14.5 Å². The average molecular weight is 323 g/mol. The molecule has 1 N–H and O–H groups in total. The highest BCUT2D eigenvalue weighted by Gasteiger charge is 2.06. The first kappa shape index (κ1) is 15.0. The number of ether oxygens (including phenoxy) is 1. The predicted molar refractivity (Wildman–Crippen MR) is 66.7 cm³/mol. The minimum Gasteiger partial charge on any atom is -0.375 e. The van der Waals surface area contributed by atoms with E-state index in [0.29, 0.717) is 10.3 Å². The molecule has 0 aliphatic carbocycles. The van der Waals surface area contributed by atoms with Gasteiger partial charge in [-0.05, 0) is 34.5 Å². The summed E-state index contributed by atoms with van der Waals surface area (Å²) in [5.74, 6) is -0.298. The topological polar surface area (TPSA) is 51.2 Å². The summed E-state index contributed by atoms with van der Waals surface area (Å²) in [4.78, 5) is 15.5. The van der Waals surface area contributed by atoms with Gasteiger partial charge in [-0.2, -0.15) is 0 Å². The van der Waals surface area contributed by atoms with Gasteiger partial charge in [-0.3, -0.25) is 4.79 Å². The molecule has 0 spiro atoms. The molecule has 0 saturated carbocycles. The Labute approximate surface area is 112 Å². The van der Waals surface area contributed by atoms with Gasteiger partial charge < -0.3 is 10.1 Å². The number of aromatic nitrogens is 1. The normalized spacial score (nSPS) is 10.7. The van der Waals surface area contributed by atoms with Crippen LogP contribution in [-0.2, 0) is 9.53 Å². The van der Waals surface area contributed by atoms with Crippen molar-refractivity contribution in [2.45, 2.75) is 19.8 Å². The summed E-state index contributed by atoms with van der Waals surface area (Å²) in [5, 5.41) is 2.61. The van der Waals surface area contributed by atoms with Gasteiger partial charge in [0.25, 0.3) is 6.43 Å². The van der Waals surface area contributed by atoms with Crippen molar-refractivity contribution >= 4 is 27.5 Å². The Morgan fingerprint density at radius 2 is 2.33 bits per heavy atom. The van der Waals surface area contributed by atoms with E-state index >= 15 is 0 Å². The lowest BCUT2D eigenvalue weighted by Gasteiger charge is -2.07. The number of pyridine rings is 1. The fourth-order valence-electron chi connectivity index (χ4n) is 1.19. The zero-order chi connectivity index (χ0) is 13.5. The molecular formula is C11H13BrF2N2O2. The minimum atomic E-state index is -2.51. The average Bonchev–Trinajstić information content (AvgIpc) is 2.29. The fraction of sp³-hybridized carbons (Fsp3) is 0.455. The van der Waals surface area contributed by atoms with Crippen molar-refractivity contribution < 1.29 is 18.3 Å². The molecule has 0 aliphatic heterocycles. The Morgan fingerprint density at radius 1 is 1.61 bits per heavy atom. The molecule has 100 valence electrons. The second kappa shape index (κ2) is 7.38. The van der Waals surface area contributed by atoms with Crippen LogP contribution in [0, 0.1) is 6.92 Å². The van der Waals surface area contributed by atoms with Gasteiger partial charge in [-0.15, -0.1) is 0 Å². The van der Waals surface area contributed by atoms with Gasteiger partial charge in [0.15, 0.2) is 0 Å². The van der Waals surface area contributed by atoms with Crippen LogP contribution in [-0.4, -0.2) is 30.5 Å². The van der Waals surface area contributed by atoms with Crippen molar-refractivity contribution in [3.05, 3.63) is 22.4 Å². The van der Waals surface area contributed by atoms with Crippen LogP contribution < -0.4 is 5.32 Å². The van der Waals surface area contributed by atoms with Crippen LogP contribution in [0.3, 0.4) is 0 Å². The molecule has 1 aromatic heterocycles. The van der Waals surface area contributed by atoms with Gasteiger partial charge in [0.05, 0.1) is 24.9 Å². The lowest BCUT2D eigenvalue weighted by atomic mass is 10.3. The highest BCUT2D eigenvalue weighted by Crippen LogP contribution is 2.16. The summed E-state index contributed by atoms with van der Waals surface area (Å²) in [7, 11) is 0. The number of aryl methyl sites for hydroxylation is 1. The Balaban J connectivity index is 2.33. The first-order valence-electron chi connectivity index (χ1n) is 5.27. The van der Waals surface area contributed by atoms with Gasteiger partial charge in [0.2, 0.25) is 5.91 Å². The van der Waals surface area contributed by atoms with Crippen molar-refractivity contribution in [1.82, 2.24) is 4.98 Å². The van der Waals surface area contributed by atoms with Crippen LogP contribution in [0.2, 0.25) is 0 Å².